The van der Waals surface area contributed by atoms with E-state index in [0.717, 1.165) is 0 Å². The van der Waals surface area contributed by atoms with Crippen molar-refractivity contribution in [3.8, 4) is 5.75 Å². The Hall–Kier alpha value is -2.14. The van der Waals surface area contributed by atoms with Crippen LogP contribution in [0.1, 0.15) is 25.0 Å². The third-order valence-electron chi connectivity index (χ3n) is 3.28. The van der Waals surface area contributed by atoms with Gasteiger partial charge in [-0.1, -0.05) is 12.1 Å². The fraction of sp³-hybridized carbons (Fsp3) is 0.588. The number of hydrogen-bond donors (Lipinski definition) is 3. The van der Waals surface area contributed by atoms with E-state index in [1.165, 1.54) is 24.3 Å². The van der Waals surface area contributed by atoms with Crippen LogP contribution in [0.2, 0.25) is 0 Å². The Kier molecular flexibility index (Phi) is 10.5. The summed E-state index contributed by atoms with van der Waals surface area (Å²) >= 11 is 0. The van der Waals surface area contributed by atoms with Gasteiger partial charge >= 0.3 is 12.8 Å². The number of hydrogen-bond acceptors (Lipinski definition) is 4. The number of aliphatic imine (C=N–C) groups is 1. The van der Waals surface area contributed by atoms with E-state index in [0.29, 0.717) is 31.0 Å². The molecule has 0 fully saturated rings. The highest BCUT2D eigenvalue weighted by Crippen LogP contribution is 2.19. The average Bonchev–Trinajstić information content (AvgIpc) is 2.61. The maximum atomic E-state index is 12.1. The molecule has 6 nitrogen and oxygen atoms in total. The van der Waals surface area contributed by atoms with Crippen LogP contribution >= 0.6 is 0 Å². The normalized spacial score (nSPS) is 13.5. The zero-order valence-corrected chi connectivity index (χ0v) is 15.3. The first-order chi connectivity index (χ1) is 13.2. The van der Waals surface area contributed by atoms with Crippen LogP contribution in [0.15, 0.2) is 29.3 Å². The highest BCUT2D eigenvalue weighted by molar-refractivity contribution is 5.79. The Morgan fingerprint density at radius 2 is 1.86 bits per heavy atom. The molecule has 160 valence electrons. The van der Waals surface area contributed by atoms with Crippen molar-refractivity contribution in [1.29, 1.82) is 0 Å². The molecule has 0 aliphatic rings. The van der Waals surface area contributed by atoms with Crippen molar-refractivity contribution in [1.82, 2.24) is 10.6 Å². The molecule has 1 atom stereocenters. The molecule has 0 bridgehead atoms. The summed E-state index contributed by atoms with van der Waals surface area (Å²) in [7, 11) is 0. The fourth-order valence-corrected chi connectivity index (χ4v) is 2.07. The summed E-state index contributed by atoms with van der Waals surface area (Å²) in [5.74, 6) is 0.368. The molecule has 0 aliphatic carbocycles. The van der Waals surface area contributed by atoms with Gasteiger partial charge in [-0.2, -0.15) is 22.0 Å². The second kappa shape index (κ2) is 12.3. The van der Waals surface area contributed by atoms with E-state index in [-0.39, 0.29) is 18.9 Å². The molecule has 3 N–H and O–H groups in total. The second-order valence-corrected chi connectivity index (χ2v) is 5.63. The SMILES string of the molecule is CCNC(=NCC(O)c1ccc(OC(F)F)cc1)NCCCOCC(F)(F)F. The molecule has 0 amide bonds. The van der Waals surface area contributed by atoms with Crippen LogP contribution in [-0.4, -0.2) is 56.7 Å². The lowest BCUT2D eigenvalue weighted by molar-refractivity contribution is -0.173. The maximum absolute atomic E-state index is 12.1. The largest absolute Gasteiger partial charge is 0.435 e. The Balaban J connectivity index is 2.43. The van der Waals surface area contributed by atoms with E-state index in [9.17, 15) is 27.1 Å². The van der Waals surface area contributed by atoms with E-state index < -0.39 is 25.5 Å². The lowest BCUT2D eigenvalue weighted by atomic mass is 10.1. The maximum Gasteiger partial charge on any atom is 0.411 e. The molecule has 1 aromatic carbocycles. The van der Waals surface area contributed by atoms with Gasteiger partial charge < -0.3 is 25.2 Å². The number of nitrogens with one attached hydrogen (secondary N) is 2. The van der Waals surface area contributed by atoms with Crippen molar-refractivity contribution in [2.45, 2.75) is 32.2 Å². The summed E-state index contributed by atoms with van der Waals surface area (Å²) in [6.07, 6.45) is -4.97. The van der Waals surface area contributed by atoms with Gasteiger partial charge in [-0.25, -0.2) is 0 Å². The van der Waals surface area contributed by atoms with Crippen LogP contribution in [0.3, 0.4) is 0 Å². The van der Waals surface area contributed by atoms with Gasteiger partial charge in [0.05, 0.1) is 12.6 Å². The molecule has 0 saturated heterocycles. The summed E-state index contributed by atoms with van der Waals surface area (Å²) < 4.78 is 68.8. The molecule has 0 aromatic heterocycles. The zero-order valence-electron chi connectivity index (χ0n) is 15.3. The number of ether oxygens (including phenoxy) is 2. The summed E-state index contributed by atoms with van der Waals surface area (Å²) in [6.45, 7) is -1.55. The van der Waals surface area contributed by atoms with Gasteiger partial charge in [0.15, 0.2) is 5.96 Å². The third kappa shape index (κ3) is 10.9. The monoisotopic (exact) mass is 413 g/mol. The van der Waals surface area contributed by atoms with Crippen LogP contribution < -0.4 is 15.4 Å². The van der Waals surface area contributed by atoms with Gasteiger partial charge in [0.2, 0.25) is 0 Å². The van der Waals surface area contributed by atoms with Crippen molar-refractivity contribution in [2.75, 3.05) is 32.8 Å². The number of aliphatic hydroxyl groups excluding tert-OH is 1. The van der Waals surface area contributed by atoms with E-state index in [4.69, 9.17) is 0 Å². The van der Waals surface area contributed by atoms with Gasteiger partial charge in [-0.05, 0) is 31.0 Å². The second-order valence-electron chi connectivity index (χ2n) is 5.63. The number of nitrogens with zero attached hydrogens (tertiary/aromatic N) is 1. The molecule has 0 heterocycles. The third-order valence-corrected chi connectivity index (χ3v) is 3.28. The zero-order chi connectivity index (χ0) is 21.0. The summed E-state index contributed by atoms with van der Waals surface area (Å²) in [6, 6.07) is 5.55. The summed E-state index contributed by atoms with van der Waals surface area (Å²) in [5.41, 5.74) is 0.474. The smallest absolute Gasteiger partial charge is 0.411 e. The first-order valence-electron chi connectivity index (χ1n) is 8.60. The minimum Gasteiger partial charge on any atom is -0.435 e. The lowest BCUT2D eigenvalue weighted by Gasteiger charge is -2.14. The van der Waals surface area contributed by atoms with Gasteiger partial charge in [0.25, 0.3) is 0 Å². The highest BCUT2D eigenvalue weighted by Gasteiger charge is 2.27. The number of guanidine groups is 1. The molecule has 1 aromatic rings. The number of alkyl halides is 5. The van der Waals surface area contributed by atoms with Crippen molar-refractivity contribution in [3.63, 3.8) is 0 Å². The number of aliphatic hydroxyl groups is 1. The predicted octanol–water partition coefficient (Wildman–Crippen LogP) is 2.85. The minimum absolute atomic E-state index is 0.00500. The first-order valence-corrected chi connectivity index (χ1v) is 8.60. The van der Waals surface area contributed by atoms with Crippen LogP contribution in [0.4, 0.5) is 22.0 Å². The summed E-state index contributed by atoms with van der Waals surface area (Å²) in [5, 5.41) is 16.0. The van der Waals surface area contributed by atoms with Crippen molar-refractivity contribution in [3.05, 3.63) is 29.8 Å². The molecule has 11 heteroatoms. The Morgan fingerprint density at radius 1 is 1.18 bits per heavy atom. The molecule has 1 rings (SSSR count). The number of benzene rings is 1. The fourth-order valence-electron chi connectivity index (χ4n) is 2.07. The molecule has 0 spiro atoms. The van der Waals surface area contributed by atoms with Crippen molar-refractivity contribution >= 4 is 5.96 Å². The molecule has 0 radical (unpaired) electrons. The average molecular weight is 413 g/mol. The highest BCUT2D eigenvalue weighted by atomic mass is 19.4. The molecule has 0 saturated carbocycles. The Morgan fingerprint density at radius 3 is 2.43 bits per heavy atom. The van der Waals surface area contributed by atoms with Crippen molar-refractivity contribution < 1.29 is 36.5 Å². The molecule has 28 heavy (non-hydrogen) atoms. The number of rotatable bonds is 11. The molecular weight excluding hydrogens is 389 g/mol. The number of halogens is 5. The van der Waals surface area contributed by atoms with Crippen LogP contribution in [0, 0.1) is 0 Å². The molecular formula is C17H24F5N3O3. The standard InChI is InChI=1S/C17H24F5N3O3/c1-2-23-16(24-8-3-9-27-11-17(20,21)22)25-10-14(26)12-4-6-13(7-5-12)28-15(18)19/h4-7,14-15,26H,2-3,8-11H2,1H3,(H2,23,24,25). The lowest BCUT2D eigenvalue weighted by Crippen LogP contribution is -2.38. The molecule has 1 unspecified atom stereocenters. The Bertz CT molecular complexity index is 582. The first kappa shape index (κ1) is 23.9. The summed E-state index contributed by atoms with van der Waals surface area (Å²) in [4.78, 5) is 4.19. The van der Waals surface area contributed by atoms with Gasteiger partial charge in [0.1, 0.15) is 12.4 Å². The quantitative estimate of drug-likeness (QED) is 0.225. The topological polar surface area (TPSA) is 75.1 Å². The Labute approximate surface area is 159 Å². The van der Waals surface area contributed by atoms with Gasteiger partial charge in [-0.3, -0.25) is 4.99 Å². The van der Waals surface area contributed by atoms with Crippen LogP contribution in [0.25, 0.3) is 0 Å². The van der Waals surface area contributed by atoms with Crippen molar-refractivity contribution in [2.24, 2.45) is 4.99 Å². The van der Waals surface area contributed by atoms with E-state index in [1.807, 2.05) is 6.92 Å². The van der Waals surface area contributed by atoms with E-state index in [1.54, 1.807) is 0 Å². The van der Waals surface area contributed by atoms with Crippen LogP contribution in [-0.2, 0) is 4.74 Å². The van der Waals surface area contributed by atoms with Gasteiger partial charge in [0, 0.05) is 19.7 Å². The van der Waals surface area contributed by atoms with E-state index in [2.05, 4.69) is 25.1 Å². The van der Waals surface area contributed by atoms with Crippen LogP contribution in [0.5, 0.6) is 5.75 Å². The minimum atomic E-state index is -4.34. The van der Waals surface area contributed by atoms with Gasteiger partial charge in [-0.15, -0.1) is 0 Å². The predicted molar refractivity (Wildman–Crippen MR) is 93.5 cm³/mol. The molecule has 0 aliphatic heterocycles. The van der Waals surface area contributed by atoms with E-state index >= 15 is 0 Å².